The van der Waals surface area contributed by atoms with Crippen molar-refractivity contribution in [3.8, 4) is 6.07 Å². The van der Waals surface area contributed by atoms with E-state index in [0.29, 0.717) is 5.56 Å². The van der Waals surface area contributed by atoms with Gasteiger partial charge in [-0.05, 0) is 24.1 Å². The van der Waals surface area contributed by atoms with Gasteiger partial charge in [-0.3, -0.25) is 4.79 Å². The number of benzene rings is 1. The van der Waals surface area contributed by atoms with Crippen LogP contribution in [0.5, 0.6) is 0 Å². The fourth-order valence-corrected chi connectivity index (χ4v) is 1.99. The van der Waals surface area contributed by atoms with Crippen molar-refractivity contribution in [1.29, 1.82) is 5.26 Å². The van der Waals surface area contributed by atoms with Gasteiger partial charge in [0.05, 0.1) is 23.8 Å². The second-order valence-electron chi connectivity index (χ2n) is 4.06. The Labute approximate surface area is 112 Å². The molecule has 19 heavy (non-hydrogen) atoms. The zero-order chi connectivity index (χ0) is 14.3. The number of nitrogens with two attached hydrogens (primary N) is 1. The van der Waals surface area contributed by atoms with E-state index in [9.17, 15) is 13.2 Å². The van der Waals surface area contributed by atoms with Crippen molar-refractivity contribution < 1.29 is 13.2 Å². The van der Waals surface area contributed by atoms with E-state index in [1.165, 1.54) is 0 Å². The summed E-state index contributed by atoms with van der Waals surface area (Å²) in [6.45, 7) is 0.269. The fraction of sp³-hybridized carbons (Fsp3) is 0.333. The Morgan fingerprint density at radius 3 is 2.47 bits per heavy atom. The predicted molar refractivity (Wildman–Crippen MR) is 70.5 cm³/mol. The molecule has 0 saturated heterocycles. The number of nitriles is 1. The Bertz CT molecular complexity index is 573. The van der Waals surface area contributed by atoms with Gasteiger partial charge in [0.15, 0.2) is 0 Å². The standard InChI is InChI=1S/C12H15N3O3S/c13-9-11-4-2-10(3-5-11)8-12(16)15-6-1-7-19(14,17)18/h2-5H,1,6-8H2,(H,15,16)(H2,14,17,18). The summed E-state index contributed by atoms with van der Waals surface area (Å²) in [6, 6.07) is 8.70. The van der Waals surface area contributed by atoms with Gasteiger partial charge in [0, 0.05) is 6.54 Å². The largest absolute Gasteiger partial charge is 0.356 e. The summed E-state index contributed by atoms with van der Waals surface area (Å²) < 4.78 is 21.3. The molecular formula is C12H15N3O3S. The molecule has 1 aromatic rings. The maximum absolute atomic E-state index is 11.5. The highest BCUT2D eigenvalue weighted by Crippen LogP contribution is 2.03. The molecule has 0 saturated carbocycles. The van der Waals surface area contributed by atoms with Crippen molar-refractivity contribution >= 4 is 15.9 Å². The van der Waals surface area contributed by atoms with E-state index in [0.717, 1.165) is 5.56 Å². The molecule has 3 N–H and O–H groups in total. The number of hydrogen-bond acceptors (Lipinski definition) is 4. The van der Waals surface area contributed by atoms with Gasteiger partial charge in [0.25, 0.3) is 0 Å². The number of carbonyl (C=O) groups is 1. The molecule has 0 aliphatic rings. The minimum Gasteiger partial charge on any atom is -0.356 e. The van der Waals surface area contributed by atoms with Crippen LogP contribution in [0.25, 0.3) is 0 Å². The molecule has 1 amide bonds. The van der Waals surface area contributed by atoms with Gasteiger partial charge in [-0.1, -0.05) is 12.1 Å². The Kier molecular flexibility index (Phi) is 5.48. The number of primary sulfonamides is 1. The molecule has 0 bridgehead atoms. The predicted octanol–water partition coefficient (Wildman–Crippen LogP) is -0.104. The van der Waals surface area contributed by atoms with Gasteiger partial charge >= 0.3 is 0 Å². The van der Waals surface area contributed by atoms with Crippen LogP contribution < -0.4 is 10.5 Å². The van der Waals surface area contributed by atoms with E-state index in [2.05, 4.69) is 5.32 Å². The van der Waals surface area contributed by atoms with Crippen LogP contribution in [0.2, 0.25) is 0 Å². The van der Waals surface area contributed by atoms with Crippen molar-refractivity contribution in [1.82, 2.24) is 5.32 Å². The van der Waals surface area contributed by atoms with Crippen molar-refractivity contribution in [3.05, 3.63) is 35.4 Å². The molecule has 7 heteroatoms. The number of nitrogens with zero attached hydrogens (tertiary/aromatic N) is 1. The molecule has 0 aliphatic heterocycles. The molecule has 1 aromatic carbocycles. The highest BCUT2D eigenvalue weighted by molar-refractivity contribution is 7.89. The second kappa shape index (κ2) is 6.87. The maximum Gasteiger partial charge on any atom is 0.224 e. The van der Waals surface area contributed by atoms with Crippen LogP contribution in [0.1, 0.15) is 17.5 Å². The molecule has 0 fully saturated rings. The Balaban J connectivity index is 2.33. The molecule has 0 heterocycles. The van der Waals surface area contributed by atoms with Crippen LogP contribution in [0.4, 0.5) is 0 Å². The molecule has 0 radical (unpaired) electrons. The number of carbonyl (C=O) groups excluding carboxylic acids is 1. The first-order valence-corrected chi connectivity index (χ1v) is 7.38. The molecule has 6 nitrogen and oxygen atoms in total. The van der Waals surface area contributed by atoms with Gasteiger partial charge in [-0.25, -0.2) is 13.6 Å². The molecule has 102 valence electrons. The summed E-state index contributed by atoms with van der Waals surface area (Å²) in [6.07, 6.45) is 0.485. The Hall–Kier alpha value is -1.91. The van der Waals surface area contributed by atoms with Crippen molar-refractivity contribution in [2.75, 3.05) is 12.3 Å². The summed E-state index contributed by atoms with van der Waals surface area (Å²) in [5, 5.41) is 16.1. The monoisotopic (exact) mass is 281 g/mol. The van der Waals surface area contributed by atoms with Crippen LogP contribution >= 0.6 is 0 Å². The number of sulfonamides is 1. The average molecular weight is 281 g/mol. The number of hydrogen-bond donors (Lipinski definition) is 2. The highest BCUT2D eigenvalue weighted by atomic mass is 32.2. The molecule has 0 unspecified atom stereocenters. The van der Waals surface area contributed by atoms with Crippen LogP contribution in [0.15, 0.2) is 24.3 Å². The van der Waals surface area contributed by atoms with E-state index >= 15 is 0 Å². The van der Waals surface area contributed by atoms with Crippen LogP contribution in [0, 0.1) is 11.3 Å². The van der Waals surface area contributed by atoms with Crippen LogP contribution in [0.3, 0.4) is 0 Å². The number of rotatable bonds is 6. The zero-order valence-electron chi connectivity index (χ0n) is 10.3. The lowest BCUT2D eigenvalue weighted by Crippen LogP contribution is -2.28. The third-order valence-corrected chi connectivity index (χ3v) is 3.23. The van der Waals surface area contributed by atoms with E-state index in [1.54, 1.807) is 24.3 Å². The number of nitrogens with one attached hydrogen (secondary N) is 1. The second-order valence-corrected chi connectivity index (χ2v) is 5.79. The molecule has 0 spiro atoms. The van der Waals surface area contributed by atoms with E-state index < -0.39 is 10.0 Å². The Morgan fingerprint density at radius 1 is 1.32 bits per heavy atom. The van der Waals surface area contributed by atoms with Gasteiger partial charge in [-0.2, -0.15) is 5.26 Å². The van der Waals surface area contributed by atoms with Crippen molar-refractivity contribution in [2.45, 2.75) is 12.8 Å². The minimum absolute atomic E-state index is 0.149. The molecule has 1 rings (SSSR count). The smallest absolute Gasteiger partial charge is 0.224 e. The van der Waals surface area contributed by atoms with Gasteiger partial charge in [0.1, 0.15) is 0 Å². The van der Waals surface area contributed by atoms with Gasteiger partial charge < -0.3 is 5.32 Å². The fourth-order valence-electron chi connectivity index (χ4n) is 1.45. The highest BCUT2D eigenvalue weighted by Gasteiger charge is 2.05. The summed E-state index contributed by atoms with van der Waals surface area (Å²) in [4.78, 5) is 11.5. The lowest BCUT2D eigenvalue weighted by atomic mass is 10.1. The summed E-state index contributed by atoms with van der Waals surface area (Å²) in [7, 11) is -3.47. The molecule has 0 atom stereocenters. The van der Waals surface area contributed by atoms with Crippen LogP contribution in [-0.4, -0.2) is 26.6 Å². The summed E-state index contributed by atoms with van der Waals surface area (Å²) in [5.41, 5.74) is 1.33. The first-order chi connectivity index (χ1) is 8.90. The third-order valence-electron chi connectivity index (χ3n) is 2.38. The lowest BCUT2D eigenvalue weighted by Gasteiger charge is -2.04. The summed E-state index contributed by atoms with van der Waals surface area (Å²) in [5.74, 6) is -0.344. The van der Waals surface area contributed by atoms with Gasteiger partial charge in [0.2, 0.25) is 15.9 Å². The molecular weight excluding hydrogens is 266 g/mol. The van der Waals surface area contributed by atoms with E-state index in [1.807, 2.05) is 6.07 Å². The molecule has 0 aromatic heterocycles. The number of amides is 1. The first kappa shape index (κ1) is 15.1. The Morgan fingerprint density at radius 2 is 1.95 bits per heavy atom. The van der Waals surface area contributed by atoms with Crippen LogP contribution in [-0.2, 0) is 21.2 Å². The topological polar surface area (TPSA) is 113 Å². The first-order valence-electron chi connectivity index (χ1n) is 5.67. The van der Waals surface area contributed by atoms with E-state index in [-0.39, 0.29) is 31.0 Å². The SMILES string of the molecule is N#Cc1ccc(CC(=O)NCCCS(N)(=O)=O)cc1. The minimum atomic E-state index is -3.47. The van der Waals surface area contributed by atoms with Crippen molar-refractivity contribution in [3.63, 3.8) is 0 Å². The zero-order valence-corrected chi connectivity index (χ0v) is 11.1. The molecule has 0 aliphatic carbocycles. The van der Waals surface area contributed by atoms with E-state index in [4.69, 9.17) is 10.4 Å². The van der Waals surface area contributed by atoms with Gasteiger partial charge in [-0.15, -0.1) is 0 Å². The quantitative estimate of drug-likeness (QED) is 0.708. The third kappa shape index (κ3) is 6.55. The van der Waals surface area contributed by atoms with Crippen molar-refractivity contribution in [2.24, 2.45) is 5.14 Å². The maximum atomic E-state index is 11.5. The summed E-state index contributed by atoms with van der Waals surface area (Å²) >= 11 is 0. The lowest BCUT2D eigenvalue weighted by molar-refractivity contribution is -0.120. The normalized spacial score (nSPS) is 10.7. The average Bonchev–Trinajstić information content (AvgIpc) is 2.34.